The summed E-state index contributed by atoms with van der Waals surface area (Å²) in [6, 6.07) is 5.02. The molecule has 3 aromatic heterocycles. The highest BCUT2D eigenvalue weighted by Gasteiger charge is 2.24. The lowest BCUT2D eigenvalue weighted by Crippen LogP contribution is -2.33. The third-order valence-corrected chi connectivity index (χ3v) is 7.55. The summed E-state index contributed by atoms with van der Waals surface area (Å²) in [4.78, 5) is 51.4. The first-order valence-electron chi connectivity index (χ1n) is 8.13. The number of nitriles is 1. The topological polar surface area (TPSA) is 102 Å². The van der Waals surface area contributed by atoms with Crippen molar-refractivity contribution >= 4 is 70.5 Å². The molecule has 0 unspecified atom stereocenters. The first kappa shape index (κ1) is 16.8. The van der Waals surface area contributed by atoms with E-state index in [0.717, 1.165) is 9.13 Å². The Kier molecular flexibility index (Phi) is 3.21. The molecule has 2 aromatic carbocycles. The van der Waals surface area contributed by atoms with Gasteiger partial charge < -0.3 is 0 Å². The molecule has 0 bridgehead atoms. The molecule has 0 aliphatic carbocycles. The van der Waals surface area contributed by atoms with Crippen LogP contribution in [0.5, 0.6) is 0 Å². The highest BCUT2D eigenvalue weighted by atomic mass is 32.2. The van der Waals surface area contributed by atoms with Crippen molar-refractivity contribution in [3.8, 4) is 6.07 Å². The van der Waals surface area contributed by atoms with E-state index in [2.05, 4.69) is 0 Å². The number of fused-ring (bicyclic) bond motifs is 3. The summed E-state index contributed by atoms with van der Waals surface area (Å²) in [5, 5.41) is 10.9. The zero-order valence-electron chi connectivity index (χ0n) is 14.5. The van der Waals surface area contributed by atoms with Crippen molar-refractivity contribution in [2.45, 2.75) is 0 Å². The van der Waals surface area contributed by atoms with Gasteiger partial charge in [-0.15, -0.1) is 22.7 Å². The lowest BCUT2D eigenvalue weighted by molar-refractivity contribution is 0.839. The quantitative estimate of drug-likeness (QED) is 0.357. The Morgan fingerprint density at radius 1 is 0.786 bits per heavy atom. The first-order valence-corrected chi connectivity index (χ1v) is 9.77. The summed E-state index contributed by atoms with van der Waals surface area (Å²) >= 11 is 2.45. The van der Waals surface area contributed by atoms with Gasteiger partial charge in [0.15, 0.2) is 0 Å². The molecular formula is C19H9N3O4S2. The number of hydrogen-bond donors (Lipinski definition) is 0. The zero-order chi connectivity index (χ0) is 19.9. The highest BCUT2D eigenvalue weighted by molar-refractivity contribution is 7.37. The van der Waals surface area contributed by atoms with Gasteiger partial charge in [0.25, 0.3) is 22.2 Å². The van der Waals surface area contributed by atoms with Gasteiger partial charge in [0.1, 0.15) is 0 Å². The minimum Gasteiger partial charge on any atom is -0.277 e. The number of hydrogen-bond acceptors (Lipinski definition) is 7. The van der Waals surface area contributed by atoms with Gasteiger partial charge >= 0.3 is 0 Å². The van der Waals surface area contributed by atoms with E-state index in [-0.39, 0.29) is 10.8 Å². The third kappa shape index (κ3) is 1.81. The average molecular weight is 407 g/mol. The smallest absolute Gasteiger partial charge is 0.262 e. The number of aromatic nitrogens is 2. The summed E-state index contributed by atoms with van der Waals surface area (Å²) in [7, 11) is 2.81. The minimum absolute atomic E-state index is 0.286. The Morgan fingerprint density at radius 3 is 1.61 bits per heavy atom. The Hall–Kier alpha value is -3.35. The van der Waals surface area contributed by atoms with Crippen LogP contribution in [-0.2, 0) is 14.1 Å². The van der Waals surface area contributed by atoms with Gasteiger partial charge in [-0.3, -0.25) is 28.3 Å². The number of benzene rings is 2. The summed E-state index contributed by atoms with van der Waals surface area (Å²) in [5.41, 5.74) is -1.92. The van der Waals surface area contributed by atoms with E-state index in [1.807, 2.05) is 6.07 Å². The average Bonchev–Trinajstić information content (AvgIpc) is 3.09. The maximum absolute atomic E-state index is 13.0. The maximum atomic E-state index is 13.0. The second-order valence-electron chi connectivity index (χ2n) is 6.45. The summed E-state index contributed by atoms with van der Waals surface area (Å²) in [6.07, 6.45) is 1.35. The molecule has 0 spiro atoms. The fourth-order valence-electron chi connectivity index (χ4n) is 3.75. The fourth-order valence-corrected chi connectivity index (χ4v) is 6.26. The molecule has 136 valence electrons. The van der Waals surface area contributed by atoms with Gasteiger partial charge in [-0.1, -0.05) is 0 Å². The van der Waals surface area contributed by atoms with Crippen LogP contribution in [-0.4, -0.2) is 9.13 Å². The Morgan fingerprint density at radius 2 is 1.21 bits per heavy atom. The van der Waals surface area contributed by atoms with E-state index in [0.29, 0.717) is 34.8 Å². The van der Waals surface area contributed by atoms with E-state index in [9.17, 15) is 19.2 Å². The normalized spacial score (nSPS) is 11.8. The van der Waals surface area contributed by atoms with Gasteiger partial charge in [0.05, 0.1) is 30.1 Å². The van der Waals surface area contributed by atoms with Crippen molar-refractivity contribution in [2.24, 2.45) is 14.1 Å². The van der Waals surface area contributed by atoms with Crippen LogP contribution in [0, 0.1) is 11.3 Å². The molecule has 28 heavy (non-hydrogen) atoms. The molecule has 5 rings (SSSR count). The fraction of sp³-hybridized carbons (Fsp3) is 0.105. The SMILES string of the molecule is Cn1c(=O)c2ccc3c(=O)n(C)c(=O)c4c5sc(=CC#N)sc5c(c1=O)c2c34. The van der Waals surface area contributed by atoms with Crippen molar-refractivity contribution in [1.82, 2.24) is 9.13 Å². The monoisotopic (exact) mass is 407 g/mol. The second kappa shape index (κ2) is 5.34. The van der Waals surface area contributed by atoms with E-state index in [1.165, 1.54) is 55.0 Å². The lowest BCUT2D eigenvalue weighted by Gasteiger charge is -2.12. The van der Waals surface area contributed by atoms with E-state index >= 15 is 0 Å². The van der Waals surface area contributed by atoms with Crippen LogP contribution in [0.1, 0.15) is 0 Å². The van der Waals surface area contributed by atoms with Crippen LogP contribution >= 0.6 is 22.7 Å². The predicted octanol–water partition coefficient (Wildman–Crippen LogP) is 1.00. The van der Waals surface area contributed by atoms with Gasteiger partial charge in [0, 0.05) is 41.7 Å². The van der Waals surface area contributed by atoms with Gasteiger partial charge in [-0.2, -0.15) is 5.26 Å². The molecule has 0 fully saturated rings. The summed E-state index contributed by atoms with van der Waals surface area (Å²) in [5.74, 6) is 0. The van der Waals surface area contributed by atoms with Crippen molar-refractivity contribution in [1.29, 1.82) is 5.26 Å². The Labute approximate surface area is 162 Å². The molecule has 0 saturated heterocycles. The molecule has 0 amide bonds. The maximum Gasteiger partial charge on any atom is 0.262 e. The van der Waals surface area contributed by atoms with Gasteiger partial charge in [-0.05, 0) is 12.1 Å². The van der Waals surface area contributed by atoms with E-state index < -0.39 is 22.2 Å². The molecule has 0 radical (unpaired) electrons. The van der Waals surface area contributed by atoms with Crippen LogP contribution < -0.4 is 26.1 Å². The number of pyridine rings is 2. The van der Waals surface area contributed by atoms with Gasteiger partial charge in [-0.25, -0.2) is 0 Å². The van der Waals surface area contributed by atoms with Crippen LogP contribution in [0.3, 0.4) is 0 Å². The molecule has 0 atom stereocenters. The zero-order valence-corrected chi connectivity index (χ0v) is 16.2. The van der Waals surface area contributed by atoms with E-state index in [4.69, 9.17) is 5.26 Å². The standard InChI is InChI=1S/C19H9N3O4S2/c1-21-16(23)7-3-4-8-11-10(7)12(18(21)25)14-15(28-9(27-14)5-6-20)13(11)19(26)22(2)17(8)24/h3-5H,1-2H3. The van der Waals surface area contributed by atoms with Crippen molar-refractivity contribution < 1.29 is 0 Å². The molecule has 0 aliphatic rings. The highest BCUT2D eigenvalue weighted by Crippen LogP contribution is 2.38. The van der Waals surface area contributed by atoms with Crippen molar-refractivity contribution in [3.05, 3.63) is 57.4 Å². The molecule has 9 heteroatoms. The molecular weight excluding hydrogens is 398 g/mol. The summed E-state index contributed by atoms with van der Waals surface area (Å²) in [6.45, 7) is 0. The lowest BCUT2D eigenvalue weighted by atomic mass is 9.96. The molecule has 7 nitrogen and oxygen atoms in total. The molecule has 0 N–H and O–H groups in total. The molecule has 0 aliphatic heterocycles. The van der Waals surface area contributed by atoms with Crippen molar-refractivity contribution in [3.63, 3.8) is 0 Å². The van der Waals surface area contributed by atoms with Crippen molar-refractivity contribution in [2.75, 3.05) is 0 Å². The number of nitrogens with zero attached hydrogens (tertiary/aromatic N) is 3. The largest absolute Gasteiger partial charge is 0.277 e. The number of rotatable bonds is 0. The first-order chi connectivity index (χ1) is 13.4. The molecule has 0 saturated carbocycles. The summed E-state index contributed by atoms with van der Waals surface area (Å²) < 4.78 is 3.80. The predicted molar refractivity (Wildman–Crippen MR) is 112 cm³/mol. The van der Waals surface area contributed by atoms with Crippen LogP contribution in [0.4, 0.5) is 0 Å². The van der Waals surface area contributed by atoms with Crippen LogP contribution in [0.15, 0.2) is 31.3 Å². The Balaban J connectivity index is 2.40. The molecule has 5 aromatic rings. The second-order valence-corrected chi connectivity index (χ2v) is 8.82. The van der Waals surface area contributed by atoms with Gasteiger partial charge in [0.2, 0.25) is 0 Å². The third-order valence-electron chi connectivity index (χ3n) is 5.06. The molecule has 3 heterocycles. The van der Waals surface area contributed by atoms with Crippen LogP contribution in [0.2, 0.25) is 0 Å². The van der Waals surface area contributed by atoms with Crippen LogP contribution in [0.25, 0.3) is 47.8 Å². The van der Waals surface area contributed by atoms with E-state index in [1.54, 1.807) is 0 Å². The minimum atomic E-state index is -0.484. The Bertz CT molecular complexity index is 1710.